The largest absolute Gasteiger partial charge is 0.508 e. The zero-order chi connectivity index (χ0) is 11.6. The highest BCUT2D eigenvalue weighted by molar-refractivity contribution is 6.06. The van der Waals surface area contributed by atoms with Crippen LogP contribution in [0.25, 0.3) is 0 Å². The zero-order valence-electron chi connectivity index (χ0n) is 7.68. The number of primary amides is 1. The quantitative estimate of drug-likeness (QED) is 0.481. The summed E-state index contributed by atoms with van der Waals surface area (Å²) in [6.07, 6.45) is 0. The summed E-state index contributed by atoms with van der Waals surface area (Å²) in [5, 5.41) is 17.8. The summed E-state index contributed by atoms with van der Waals surface area (Å²) in [5.74, 6) is -2.77. The van der Waals surface area contributed by atoms with Gasteiger partial charge in [0, 0.05) is 0 Å². The summed E-state index contributed by atoms with van der Waals surface area (Å²) in [6.45, 7) is 0. The molecule has 1 unspecified atom stereocenters. The van der Waals surface area contributed by atoms with Gasteiger partial charge in [0.1, 0.15) is 5.75 Å². The van der Waals surface area contributed by atoms with E-state index in [2.05, 4.69) is 0 Å². The summed E-state index contributed by atoms with van der Waals surface area (Å²) >= 11 is 0. The first-order chi connectivity index (χ1) is 6.89. The van der Waals surface area contributed by atoms with Gasteiger partial charge in [0.25, 0.3) is 5.91 Å². The Morgan fingerprint density at radius 1 is 1.20 bits per heavy atom. The third kappa shape index (κ3) is 1.75. The number of aromatic hydroxyl groups is 1. The number of amides is 1. The van der Waals surface area contributed by atoms with Crippen molar-refractivity contribution in [2.24, 2.45) is 11.5 Å². The molecule has 1 aromatic carbocycles. The number of carboxylic acid groups (broad SMARTS) is 1. The third-order valence-corrected chi connectivity index (χ3v) is 2.05. The molecular formula is C9H10N2O4. The van der Waals surface area contributed by atoms with E-state index in [-0.39, 0.29) is 11.3 Å². The maximum absolute atomic E-state index is 11.0. The van der Waals surface area contributed by atoms with Gasteiger partial charge in [-0.05, 0) is 17.7 Å². The van der Waals surface area contributed by atoms with Crippen LogP contribution >= 0.6 is 0 Å². The number of carbonyl (C=O) groups is 2. The average Bonchev–Trinajstić information content (AvgIpc) is 2.17. The van der Waals surface area contributed by atoms with E-state index < -0.39 is 17.4 Å². The van der Waals surface area contributed by atoms with E-state index in [9.17, 15) is 9.59 Å². The maximum atomic E-state index is 11.0. The van der Waals surface area contributed by atoms with E-state index in [1.54, 1.807) is 0 Å². The number of rotatable bonds is 3. The van der Waals surface area contributed by atoms with Gasteiger partial charge >= 0.3 is 5.97 Å². The van der Waals surface area contributed by atoms with Crippen molar-refractivity contribution >= 4 is 11.9 Å². The molecule has 0 saturated carbocycles. The number of benzene rings is 1. The van der Waals surface area contributed by atoms with Crippen LogP contribution in [0.2, 0.25) is 0 Å². The molecule has 0 fully saturated rings. The van der Waals surface area contributed by atoms with Gasteiger partial charge in [-0.25, -0.2) is 4.79 Å². The molecule has 0 bridgehead atoms. The fraction of sp³-hybridized carbons (Fsp3) is 0.111. The van der Waals surface area contributed by atoms with Crippen LogP contribution in [-0.2, 0) is 15.1 Å². The average molecular weight is 210 g/mol. The molecule has 0 spiro atoms. The second-order valence-electron chi connectivity index (χ2n) is 3.02. The number of carboxylic acids is 1. The van der Waals surface area contributed by atoms with Gasteiger partial charge in [-0.15, -0.1) is 0 Å². The molecule has 6 nitrogen and oxygen atoms in total. The number of phenolic OH excluding ortho intramolecular Hbond substituents is 1. The first-order valence-corrected chi connectivity index (χ1v) is 4.00. The monoisotopic (exact) mass is 210 g/mol. The fourth-order valence-corrected chi connectivity index (χ4v) is 1.10. The van der Waals surface area contributed by atoms with Crippen molar-refractivity contribution in [2.75, 3.05) is 0 Å². The predicted octanol–water partition coefficient (Wildman–Crippen LogP) is -0.884. The minimum absolute atomic E-state index is 0.0142. The summed E-state index contributed by atoms with van der Waals surface area (Å²) in [7, 11) is 0. The van der Waals surface area contributed by atoms with Crippen molar-refractivity contribution in [3.8, 4) is 5.75 Å². The number of hydrogen-bond acceptors (Lipinski definition) is 4. The molecule has 0 saturated heterocycles. The molecule has 15 heavy (non-hydrogen) atoms. The fourth-order valence-electron chi connectivity index (χ4n) is 1.10. The van der Waals surface area contributed by atoms with E-state index in [4.69, 9.17) is 21.7 Å². The number of phenols is 1. The van der Waals surface area contributed by atoms with Crippen LogP contribution in [0.15, 0.2) is 24.3 Å². The van der Waals surface area contributed by atoms with Gasteiger partial charge in [0.05, 0.1) is 0 Å². The molecule has 1 rings (SSSR count). The van der Waals surface area contributed by atoms with Gasteiger partial charge in [-0.1, -0.05) is 12.1 Å². The number of aliphatic carboxylic acids is 1. The minimum atomic E-state index is -2.27. The summed E-state index contributed by atoms with van der Waals surface area (Å²) in [5.41, 5.74) is 8.08. The van der Waals surface area contributed by atoms with E-state index in [1.807, 2.05) is 0 Å². The lowest BCUT2D eigenvalue weighted by Gasteiger charge is -2.20. The van der Waals surface area contributed by atoms with Crippen molar-refractivity contribution in [3.63, 3.8) is 0 Å². The Balaban J connectivity index is 3.28. The van der Waals surface area contributed by atoms with Crippen LogP contribution < -0.4 is 11.5 Å². The smallest absolute Gasteiger partial charge is 0.338 e. The standard InChI is InChI=1S/C9H10N2O4/c10-7(13)9(11,8(14)15)5-1-3-6(12)4-2-5/h1-4,12H,11H2,(H2,10,13)(H,14,15). The first kappa shape index (κ1) is 11.0. The van der Waals surface area contributed by atoms with E-state index >= 15 is 0 Å². The lowest BCUT2D eigenvalue weighted by molar-refractivity contribution is -0.148. The van der Waals surface area contributed by atoms with Crippen molar-refractivity contribution in [2.45, 2.75) is 5.54 Å². The molecule has 1 aromatic rings. The van der Waals surface area contributed by atoms with Crippen LogP contribution in [-0.4, -0.2) is 22.1 Å². The molecule has 0 aliphatic carbocycles. The van der Waals surface area contributed by atoms with Gasteiger partial charge in [-0.2, -0.15) is 0 Å². The Morgan fingerprint density at radius 2 is 1.67 bits per heavy atom. The zero-order valence-corrected chi connectivity index (χ0v) is 7.68. The molecule has 0 radical (unpaired) electrons. The lowest BCUT2D eigenvalue weighted by Crippen LogP contribution is -2.55. The van der Waals surface area contributed by atoms with E-state index in [0.29, 0.717) is 0 Å². The van der Waals surface area contributed by atoms with Crippen LogP contribution in [0, 0.1) is 0 Å². The van der Waals surface area contributed by atoms with E-state index in [0.717, 1.165) is 0 Å². The van der Waals surface area contributed by atoms with Gasteiger partial charge in [0.2, 0.25) is 5.54 Å². The summed E-state index contributed by atoms with van der Waals surface area (Å²) in [6, 6.07) is 4.91. The van der Waals surface area contributed by atoms with Crippen molar-refractivity contribution < 1.29 is 19.8 Å². The highest BCUT2D eigenvalue weighted by atomic mass is 16.4. The van der Waals surface area contributed by atoms with Gasteiger partial charge < -0.3 is 21.7 Å². The second kappa shape index (κ2) is 3.58. The first-order valence-electron chi connectivity index (χ1n) is 4.00. The third-order valence-electron chi connectivity index (χ3n) is 2.05. The molecular weight excluding hydrogens is 200 g/mol. The molecule has 0 aliphatic heterocycles. The summed E-state index contributed by atoms with van der Waals surface area (Å²) in [4.78, 5) is 21.9. The van der Waals surface area contributed by atoms with Crippen LogP contribution in [0.4, 0.5) is 0 Å². The van der Waals surface area contributed by atoms with Crippen LogP contribution in [0.1, 0.15) is 5.56 Å². The highest BCUT2D eigenvalue weighted by Crippen LogP contribution is 2.20. The van der Waals surface area contributed by atoms with Gasteiger partial charge in [0.15, 0.2) is 0 Å². The Labute approximate surface area is 85.1 Å². The van der Waals surface area contributed by atoms with Crippen molar-refractivity contribution in [1.82, 2.24) is 0 Å². The van der Waals surface area contributed by atoms with Crippen molar-refractivity contribution in [3.05, 3.63) is 29.8 Å². The molecule has 6 N–H and O–H groups in total. The Kier molecular flexibility index (Phi) is 2.63. The lowest BCUT2D eigenvalue weighted by atomic mass is 9.90. The topological polar surface area (TPSA) is 127 Å². The molecule has 0 aliphatic rings. The highest BCUT2D eigenvalue weighted by Gasteiger charge is 2.42. The molecule has 0 aromatic heterocycles. The number of nitrogens with two attached hydrogens (primary N) is 2. The van der Waals surface area contributed by atoms with Crippen LogP contribution in [0.5, 0.6) is 5.75 Å². The van der Waals surface area contributed by atoms with Gasteiger partial charge in [-0.3, -0.25) is 4.79 Å². The number of carbonyl (C=O) groups excluding carboxylic acids is 1. The second-order valence-corrected chi connectivity index (χ2v) is 3.02. The normalized spacial score (nSPS) is 14.2. The molecule has 1 amide bonds. The Bertz CT molecular complexity index is 385. The maximum Gasteiger partial charge on any atom is 0.338 e. The molecule has 6 heteroatoms. The summed E-state index contributed by atoms with van der Waals surface area (Å²) < 4.78 is 0. The predicted molar refractivity (Wildman–Crippen MR) is 50.8 cm³/mol. The molecule has 80 valence electrons. The van der Waals surface area contributed by atoms with Crippen molar-refractivity contribution in [1.29, 1.82) is 0 Å². The number of hydrogen-bond donors (Lipinski definition) is 4. The van der Waals surface area contributed by atoms with Crippen LogP contribution in [0.3, 0.4) is 0 Å². The molecule has 1 atom stereocenters. The molecule has 0 heterocycles. The van der Waals surface area contributed by atoms with E-state index in [1.165, 1.54) is 24.3 Å². The Morgan fingerprint density at radius 3 is 2.00 bits per heavy atom. The Hall–Kier alpha value is -2.08. The SMILES string of the molecule is NC(=O)C(N)(C(=O)O)c1ccc(O)cc1. The minimum Gasteiger partial charge on any atom is -0.508 e.